The predicted octanol–water partition coefficient (Wildman–Crippen LogP) is 3.81. The van der Waals surface area contributed by atoms with Gasteiger partial charge < -0.3 is 0 Å². The van der Waals surface area contributed by atoms with Crippen molar-refractivity contribution in [3.63, 3.8) is 0 Å². The monoisotopic (exact) mass is 267 g/mol. The van der Waals surface area contributed by atoms with Crippen molar-refractivity contribution in [2.45, 2.75) is 39.9 Å². The van der Waals surface area contributed by atoms with E-state index in [-0.39, 0.29) is 0 Å². The van der Waals surface area contributed by atoms with Crippen molar-refractivity contribution >= 4 is 15.9 Å². The Morgan fingerprint density at radius 1 is 1.13 bits per heavy atom. The van der Waals surface area contributed by atoms with Crippen LogP contribution in [0.2, 0.25) is 0 Å². The lowest BCUT2D eigenvalue weighted by atomic mass is 10.1. The summed E-state index contributed by atoms with van der Waals surface area (Å²) in [5.41, 5.74) is 2.97. The molecule has 1 aromatic carbocycles. The van der Waals surface area contributed by atoms with Gasteiger partial charge in [-0.2, -0.15) is 0 Å². The molecule has 1 atom stereocenters. The van der Waals surface area contributed by atoms with Crippen LogP contribution in [0.25, 0.3) is 0 Å². The first kappa shape index (κ1) is 11.2. The van der Waals surface area contributed by atoms with Crippen LogP contribution in [-0.2, 0) is 13.1 Å². The Kier molecular flexibility index (Phi) is 3.17. The van der Waals surface area contributed by atoms with Crippen LogP contribution < -0.4 is 0 Å². The van der Waals surface area contributed by atoms with Gasteiger partial charge in [-0.15, -0.1) is 0 Å². The van der Waals surface area contributed by atoms with E-state index in [2.05, 4.69) is 59.8 Å². The molecular formula is C13H18BrN. The van der Waals surface area contributed by atoms with Crippen molar-refractivity contribution < 1.29 is 0 Å². The predicted molar refractivity (Wildman–Crippen MR) is 67.7 cm³/mol. The molecule has 1 aromatic rings. The summed E-state index contributed by atoms with van der Waals surface area (Å²) in [6, 6.07) is 7.30. The van der Waals surface area contributed by atoms with Crippen molar-refractivity contribution in [1.29, 1.82) is 0 Å². The molecule has 0 fully saturated rings. The van der Waals surface area contributed by atoms with Crippen LogP contribution in [0.15, 0.2) is 22.7 Å². The quantitative estimate of drug-likeness (QED) is 0.788. The summed E-state index contributed by atoms with van der Waals surface area (Å²) in [4.78, 5) is 2.56. The first-order valence-electron chi connectivity index (χ1n) is 5.59. The van der Waals surface area contributed by atoms with Gasteiger partial charge in [-0.1, -0.05) is 35.8 Å². The third-order valence-electron chi connectivity index (χ3n) is 3.46. The number of benzene rings is 1. The van der Waals surface area contributed by atoms with Crippen LogP contribution in [0.4, 0.5) is 0 Å². The average molecular weight is 268 g/mol. The number of hydrogen-bond donors (Lipinski definition) is 0. The first-order valence-corrected chi connectivity index (χ1v) is 6.38. The van der Waals surface area contributed by atoms with E-state index in [0.717, 1.165) is 19.0 Å². The molecule has 0 spiro atoms. The molecule has 15 heavy (non-hydrogen) atoms. The molecule has 0 saturated heterocycles. The van der Waals surface area contributed by atoms with Gasteiger partial charge in [0.25, 0.3) is 0 Å². The maximum absolute atomic E-state index is 3.53. The summed E-state index contributed by atoms with van der Waals surface area (Å²) in [5, 5.41) is 0. The molecule has 2 rings (SSSR count). The largest absolute Gasteiger partial charge is 0.292 e. The highest BCUT2D eigenvalue weighted by Gasteiger charge is 2.24. The highest BCUT2D eigenvalue weighted by Crippen LogP contribution is 2.28. The van der Waals surface area contributed by atoms with E-state index in [1.807, 2.05) is 0 Å². The average Bonchev–Trinajstić information content (AvgIpc) is 2.58. The summed E-state index contributed by atoms with van der Waals surface area (Å²) in [5.74, 6) is 0.725. The third-order valence-corrected chi connectivity index (χ3v) is 3.95. The molecule has 1 heterocycles. The minimum atomic E-state index is 0.663. The van der Waals surface area contributed by atoms with Gasteiger partial charge in [0.1, 0.15) is 0 Å². The van der Waals surface area contributed by atoms with Crippen LogP contribution in [0.3, 0.4) is 0 Å². The Hall–Kier alpha value is -0.340. The summed E-state index contributed by atoms with van der Waals surface area (Å²) >= 11 is 3.53. The molecule has 1 aliphatic heterocycles. The minimum absolute atomic E-state index is 0.663. The van der Waals surface area contributed by atoms with Crippen LogP contribution in [0.5, 0.6) is 0 Å². The van der Waals surface area contributed by atoms with Crippen LogP contribution >= 0.6 is 15.9 Å². The molecule has 2 heteroatoms. The number of hydrogen-bond acceptors (Lipinski definition) is 1. The molecule has 0 saturated carbocycles. The van der Waals surface area contributed by atoms with Gasteiger partial charge in [-0.05, 0) is 36.1 Å². The number of nitrogens with zero attached hydrogens (tertiary/aromatic N) is 1. The Balaban J connectivity index is 2.15. The lowest BCUT2D eigenvalue weighted by Crippen LogP contribution is -2.32. The van der Waals surface area contributed by atoms with Gasteiger partial charge in [0.2, 0.25) is 0 Å². The van der Waals surface area contributed by atoms with E-state index < -0.39 is 0 Å². The van der Waals surface area contributed by atoms with E-state index in [0.29, 0.717) is 6.04 Å². The molecule has 1 aliphatic rings. The maximum Gasteiger partial charge on any atom is 0.0243 e. The van der Waals surface area contributed by atoms with Crippen LogP contribution in [0, 0.1) is 5.92 Å². The Labute approximate surface area is 101 Å². The van der Waals surface area contributed by atoms with E-state index in [9.17, 15) is 0 Å². The van der Waals surface area contributed by atoms with Gasteiger partial charge >= 0.3 is 0 Å². The standard InChI is InChI=1S/C13H18BrN/c1-9(2)10(3)15-7-11-4-5-13(14)6-12(11)8-15/h4-6,9-10H,7-8H2,1-3H3/t10-/m1/s1. The molecule has 82 valence electrons. The second-order valence-electron chi connectivity index (χ2n) is 4.80. The summed E-state index contributed by atoms with van der Waals surface area (Å²) in [6.07, 6.45) is 0. The van der Waals surface area contributed by atoms with E-state index in [1.165, 1.54) is 15.6 Å². The molecular weight excluding hydrogens is 250 g/mol. The second kappa shape index (κ2) is 4.26. The van der Waals surface area contributed by atoms with Gasteiger partial charge in [-0.3, -0.25) is 4.90 Å². The lowest BCUT2D eigenvalue weighted by molar-refractivity contribution is 0.170. The Morgan fingerprint density at radius 3 is 2.47 bits per heavy atom. The Morgan fingerprint density at radius 2 is 1.80 bits per heavy atom. The smallest absolute Gasteiger partial charge is 0.0243 e. The summed E-state index contributed by atoms with van der Waals surface area (Å²) in [7, 11) is 0. The van der Waals surface area contributed by atoms with Crippen molar-refractivity contribution in [2.75, 3.05) is 0 Å². The normalized spacial score (nSPS) is 18.2. The van der Waals surface area contributed by atoms with Gasteiger partial charge in [0, 0.05) is 23.6 Å². The molecule has 1 nitrogen and oxygen atoms in total. The fraction of sp³-hybridized carbons (Fsp3) is 0.538. The molecule has 0 N–H and O–H groups in total. The lowest BCUT2D eigenvalue weighted by Gasteiger charge is -2.26. The van der Waals surface area contributed by atoms with Gasteiger partial charge in [-0.25, -0.2) is 0 Å². The zero-order chi connectivity index (χ0) is 11.0. The molecule has 0 aromatic heterocycles. The topological polar surface area (TPSA) is 3.24 Å². The fourth-order valence-corrected chi connectivity index (χ4v) is 2.51. The highest BCUT2D eigenvalue weighted by molar-refractivity contribution is 9.10. The van der Waals surface area contributed by atoms with Crippen molar-refractivity contribution in [2.24, 2.45) is 5.92 Å². The summed E-state index contributed by atoms with van der Waals surface area (Å²) < 4.78 is 1.19. The van der Waals surface area contributed by atoms with E-state index >= 15 is 0 Å². The molecule has 0 unspecified atom stereocenters. The second-order valence-corrected chi connectivity index (χ2v) is 5.72. The minimum Gasteiger partial charge on any atom is -0.292 e. The maximum atomic E-state index is 3.53. The molecule has 0 bridgehead atoms. The van der Waals surface area contributed by atoms with Crippen molar-refractivity contribution in [1.82, 2.24) is 4.90 Å². The molecule has 0 radical (unpaired) electrons. The molecule has 0 aliphatic carbocycles. The van der Waals surface area contributed by atoms with E-state index in [4.69, 9.17) is 0 Å². The van der Waals surface area contributed by atoms with Crippen LogP contribution in [-0.4, -0.2) is 10.9 Å². The summed E-state index contributed by atoms with van der Waals surface area (Å²) in [6.45, 7) is 9.13. The van der Waals surface area contributed by atoms with Gasteiger partial charge in [0.05, 0.1) is 0 Å². The van der Waals surface area contributed by atoms with Crippen molar-refractivity contribution in [3.8, 4) is 0 Å². The number of rotatable bonds is 2. The number of fused-ring (bicyclic) bond motifs is 1. The highest BCUT2D eigenvalue weighted by atomic mass is 79.9. The first-order chi connectivity index (χ1) is 7.08. The Bertz CT molecular complexity index is 360. The molecule has 0 amide bonds. The van der Waals surface area contributed by atoms with Gasteiger partial charge in [0.15, 0.2) is 0 Å². The SMILES string of the molecule is CC(C)[C@@H](C)N1Cc2ccc(Br)cc2C1. The fourth-order valence-electron chi connectivity index (χ4n) is 2.10. The zero-order valence-corrected chi connectivity index (χ0v) is 11.2. The third kappa shape index (κ3) is 2.26. The van der Waals surface area contributed by atoms with Crippen LogP contribution in [0.1, 0.15) is 31.9 Å². The zero-order valence-electron chi connectivity index (χ0n) is 9.63. The number of halogens is 1. The van der Waals surface area contributed by atoms with E-state index in [1.54, 1.807) is 0 Å². The van der Waals surface area contributed by atoms with Crippen molar-refractivity contribution in [3.05, 3.63) is 33.8 Å².